The molecule has 38 heavy (non-hydrogen) atoms. The molecular weight excluding hydrogens is 474 g/mol. The van der Waals surface area contributed by atoms with Gasteiger partial charge in [-0.2, -0.15) is 0 Å². The Labute approximate surface area is 225 Å². The third kappa shape index (κ3) is 4.45. The van der Waals surface area contributed by atoms with E-state index in [2.05, 4.69) is 72.6 Å². The Balaban J connectivity index is 1.21. The molecule has 2 fully saturated rings. The molecule has 6 nitrogen and oxygen atoms in total. The van der Waals surface area contributed by atoms with Crippen LogP contribution in [-0.4, -0.2) is 37.2 Å². The minimum Gasteiger partial charge on any atom is -0.488 e. The molecule has 0 spiro atoms. The van der Waals surface area contributed by atoms with Crippen molar-refractivity contribution in [1.29, 1.82) is 0 Å². The number of pyridine rings is 1. The fraction of sp³-hybridized carbons (Fsp3) is 0.438. The molecule has 198 valence electrons. The van der Waals surface area contributed by atoms with Gasteiger partial charge in [0.1, 0.15) is 18.2 Å². The molecule has 3 aromatic rings. The summed E-state index contributed by atoms with van der Waals surface area (Å²) in [7, 11) is 0. The van der Waals surface area contributed by atoms with E-state index >= 15 is 0 Å². The summed E-state index contributed by atoms with van der Waals surface area (Å²) >= 11 is 0. The summed E-state index contributed by atoms with van der Waals surface area (Å²) in [6, 6.07) is 16.9. The van der Waals surface area contributed by atoms with Crippen molar-refractivity contribution in [1.82, 2.24) is 10.3 Å². The highest BCUT2D eigenvalue weighted by Crippen LogP contribution is 2.59. The second kappa shape index (κ2) is 10.1. The highest BCUT2D eigenvalue weighted by atomic mass is 16.5. The van der Waals surface area contributed by atoms with Gasteiger partial charge in [0.15, 0.2) is 0 Å². The number of fused-ring (bicyclic) bond motifs is 2. The molecule has 1 aliphatic carbocycles. The molecule has 0 bridgehead atoms. The number of nitrogens with one attached hydrogen (secondary N) is 1. The van der Waals surface area contributed by atoms with E-state index in [1.807, 2.05) is 6.92 Å². The van der Waals surface area contributed by atoms with Crippen LogP contribution in [0.2, 0.25) is 0 Å². The highest BCUT2D eigenvalue weighted by Gasteiger charge is 2.63. The first-order valence-corrected chi connectivity index (χ1v) is 13.9. The van der Waals surface area contributed by atoms with Gasteiger partial charge in [-0.25, -0.2) is 4.98 Å². The molecule has 2 aromatic carbocycles. The molecule has 6 rings (SSSR count). The average Bonchev–Trinajstić information content (AvgIpc) is 3.69. The summed E-state index contributed by atoms with van der Waals surface area (Å²) in [5, 5.41) is 3.46. The zero-order chi connectivity index (χ0) is 26.3. The van der Waals surface area contributed by atoms with E-state index in [9.17, 15) is 4.79 Å². The SMILES string of the molecule is CCOC(=O)[C@@]12CCN(c3cccc(-c4cccc(C)c4OCc4ccc5c(c4C)CCNC5)n3)C[C@@H]1C2. The molecule has 1 saturated carbocycles. The third-order valence-electron chi connectivity index (χ3n) is 8.78. The predicted molar refractivity (Wildman–Crippen MR) is 149 cm³/mol. The van der Waals surface area contributed by atoms with Crippen LogP contribution in [0.15, 0.2) is 48.5 Å². The Bertz CT molecular complexity index is 1370. The number of nitrogens with zero attached hydrogens (tertiary/aromatic N) is 2. The standard InChI is InChI=1S/C32H37N3O3/c1-4-37-31(36)32-14-16-35(19-25(32)17-32)29-10-6-9-28(34-29)27-8-5-7-21(2)30(27)38-20-24-12-11-23-18-33-15-13-26(23)22(24)3/h5-12,25,33H,4,13-20H2,1-3H3/t25-,32+/m0/s1. The summed E-state index contributed by atoms with van der Waals surface area (Å²) in [5.74, 6) is 2.18. The molecule has 3 heterocycles. The van der Waals surface area contributed by atoms with Crippen molar-refractivity contribution >= 4 is 11.8 Å². The maximum absolute atomic E-state index is 12.5. The normalized spacial score (nSPS) is 21.9. The summed E-state index contributed by atoms with van der Waals surface area (Å²) in [6.45, 7) is 10.8. The molecule has 0 radical (unpaired) electrons. The first-order chi connectivity index (χ1) is 18.5. The zero-order valence-electron chi connectivity index (χ0n) is 22.7. The van der Waals surface area contributed by atoms with Crippen LogP contribution in [0.25, 0.3) is 11.3 Å². The second-order valence-corrected chi connectivity index (χ2v) is 11.0. The lowest BCUT2D eigenvalue weighted by atomic mass is 9.93. The fourth-order valence-corrected chi connectivity index (χ4v) is 6.37. The summed E-state index contributed by atoms with van der Waals surface area (Å²) < 4.78 is 11.9. The lowest BCUT2D eigenvalue weighted by Crippen LogP contribution is -2.38. The van der Waals surface area contributed by atoms with Crippen LogP contribution in [0.1, 0.15) is 47.6 Å². The molecule has 6 heteroatoms. The van der Waals surface area contributed by atoms with Gasteiger partial charge in [-0.1, -0.05) is 30.3 Å². The first-order valence-electron chi connectivity index (χ1n) is 13.9. The number of aryl methyl sites for hydroxylation is 1. The summed E-state index contributed by atoms with van der Waals surface area (Å²) in [4.78, 5) is 19.9. The summed E-state index contributed by atoms with van der Waals surface area (Å²) in [5.41, 5.74) is 8.22. The maximum atomic E-state index is 12.5. The fourth-order valence-electron chi connectivity index (χ4n) is 6.37. The van der Waals surface area contributed by atoms with E-state index in [0.717, 1.165) is 73.8 Å². The van der Waals surface area contributed by atoms with E-state index in [4.69, 9.17) is 14.5 Å². The van der Waals surface area contributed by atoms with Crippen molar-refractivity contribution in [3.63, 3.8) is 0 Å². The number of benzene rings is 2. The Morgan fingerprint density at radius 1 is 1.16 bits per heavy atom. The topological polar surface area (TPSA) is 63.7 Å². The minimum atomic E-state index is -0.257. The smallest absolute Gasteiger partial charge is 0.312 e. The zero-order valence-corrected chi connectivity index (χ0v) is 22.7. The molecule has 1 saturated heterocycles. The Morgan fingerprint density at radius 2 is 2.03 bits per heavy atom. The minimum absolute atomic E-state index is 0.0151. The molecule has 3 aliphatic rings. The van der Waals surface area contributed by atoms with Crippen molar-refractivity contribution in [2.24, 2.45) is 11.3 Å². The Kier molecular flexibility index (Phi) is 6.60. The molecule has 2 aliphatic heterocycles. The van der Waals surface area contributed by atoms with Crippen LogP contribution in [-0.2, 0) is 29.1 Å². The number of carbonyl (C=O) groups excluding carboxylic acids is 1. The number of aromatic nitrogens is 1. The van der Waals surface area contributed by atoms with Gasteiger partial charge < -0.3 is 19.7 Å². The van der Waals surface area contributed by atoms with Crippen LogP contribution < -0.4 is 15.0 Å². The number of para-hydroxylation sites is 1. The Morgan fingerprint density at radius 3 is 2.87 bits per heavy atom. The molecule has 0 unspecified atom stereocenters. The van der Waals surface area contributed by atoms with Crippen LogP contribution in [0.4, 0.5) is 5.82 Å². The van der Waals surface area contributed by atoms with E-state index < -0.39 is 0 Å². The van der Waals surface area contributed by atoms with E-state index in [1.165, 1.54) is 22.3 Å². The van der Waals surface area contributed by atoms with Crippen molar-refractivity contribution in [3.05, 3.63) is 76.3 Å². The quantitative estimate of drug-likeness (QED) is 0.431. The van der Waals surface area contributed by atoms with Gasteiger partial charge in [0.05, 0.1) is 17.7 Å². The van der Waals surface area contributed by atoms with Gasteiger partial charge in [-0.15, -0.1) is 0 Å². The van der Waals surface area contributed by atoms with Crippen molar-refractivity contribution in [2.75, 3.05) is 31.1 Å². The molecule has 1 N–H and O–H groups in total. The molecular formula is C32H37N3O3. The number of piperidine rings is 1. The van der Waals surface area contributed by atoms with Crippen molar-refractivity contribution in [2.45, 2.75) is 53.2 Å². The van der Waals surface area contributed by atoms with E-state index in [0.29, 0.717) is 19.1 Å². The number of ether oxygens (including phenoxy) is 2. The average molecular weight is 512 g/mol. The molecule has 2 atom stereocenters. The number of anilines is 1. The Hall–Kier alpha value is -3.38. The maximum Gasteiger partial charge on any atom is 0.312 e. The van der Waals surface area contributed by atoms with Gasteiger partial charge >= 0.3 is 5.97 Å². The van der Waals surface area contributed by atoms with E-state index in [1.54, 1.807) is 0 Å². The number of hydrogen-bond donors (Lipinski definition) is 1. The summed E-state index contributed by atoms with van der Waals surface area (Å²) in [6.07, 6.45) is 2.83. The number of rotatable bonds is 7. The number of carbonyl (C=O) groups is 1. The first kappa shape index (κ1) is 24.9. The largest absolute Gasteiger partial charge is 0.488 e. The number of hydrogen-bond acceptors (Lipinski definition) is 6. The van der Waals surface area contributed by atoms with Crippen molar-refractivity contribution < 1.29 is 14.3 Å². The van der Waals surface area contributed by atoms with Gasteiger partial charge in [-0.3, -0.25) is 4.79 Å². The van der Waals surface area contributed by atoms with Gasteiger partial charge in [0.25, 0.3) is 0 Å². The van der Waals surface area contributed by atoms with Crippen LogP contribution in [0.3, 0.4) is 0 Å². The third-order valence-corrected chi connectivity index (χ3v) is 8.78. The highest BCUT2D eigenvalue weighted by molar-refractivity contribution is 5.81. The van der Waals surface area contributed by atoms with Crippen LogP contribution in [0, 0.1) is 25.2 Å². The molecule has 1 aromatic heterocycles. The van der Waals surface area contributed by atoms with Crippen molar-refractivity contribution in [3.8, 4) is 17.0 Å². The van der Waals surface area contributed by atoms with Gasteiger partial charge in [0.2, 0.25) is 0 Å². The predicted octanol–water partition coefficient (Wildman–Crippen LogP) is 5.37. The lowest BCUT2D eigenvalue weighted by Gasteiger charge is -2.31. The molecule has 0 amide bonds. The number of esters is 1. The van der Waals surface area contributed by atoms with Crippen LogP contribution >= 0.6 is 0 Å². The van der Waals surface area contributed by atoms with Crippen LogP contribution in [0.5, 0.6) is 5.75 Å². The van der Waals surface area contributed by atoms with Gasteiger partial charge in [0, 0.05) is 25.2 Å². The van der Waals surface area contributed by atoms with E-state index in [-0.39, 0.29) is 11.4 Å². The van der Waals surface area contributed by atoms with Gasteiger partial charge in [-0.05, 0) is 98.5 Å². The second-order valence-electron chi connectivity index (χ2n) is 11.0. The lowest BCUT2D eigenvalue weighted by molar-refractivity contribution is -0.150. The monoisotopic (exact) mass is 511 g/mol.